The van der Waals surface area contributed by atoms with E-state index in [-0.39, 0.29) is 17.8 Å². The molecule has 1 aliphatic heterocycles. The van der Waals surface area contributed by atoms with Crippen molar-refractivity contribution >= 4 is 40.6 Å². The number of hydrogen-bond donors (Lipinski definition) is 2. The summed E-state index contributed by atoms with van der Waals surface area (Å²) in [5, 5.41) is 2.98. The van der Waals surface area contributed by atoms with Crippen LogP contribution in [0.25, 0.3) is 0 Å². The van der Waals surface area contributed by atoms with E-state index in [0.29, 0.717) is 10.7 Å². The molecule has 1 fully saturated rings. The third kappa shape index (κ3) is 4.40. The molecule has 6 heteroatoms. The summed E-state index contributed by atoms with van der Waals surface area (Å²) in [4.78, 5) is 12.3. The van der Waals surface area contributed by atoms with Crippen LogP contribution in [0.1, 0.15) is 12.8 Å². The molecular weight excluding hydrogens is 280 g/mol. The number of nitrogens with two attached hydrogens (primary N) is 1. The molecule has 1 heterocycles. The average molecular weight is 296 g/mol. The number of carbonyl (C=O) groups excluding carboxylic acids is 1. The van der Waals surface area contributed by atoms with Crippen LogP contribution in [0.4, 0.5) is 5.69 Å². The Labute approximate surface area is 122 Å². The quantitative estimate of drug-likeness (QED) is 0.815. The first-order chi connectivity index (χ1) is 9.15. The van der Waals surface area contributed by atoms with Crippen molar-refractivity contribution in [3.8, 4) is 5.75 Å². The molecule has 0 spiro atoms. The zero-order valence-corrected chi connectivity index (χ0v) is 12.1. The highest BCUT2D eigenvalue weighted by Gasteiger charge is 2.23. The Morgan fingerprint density at radius 3 is 3.11 bits per heavy atom. The molecular formula is C13H16N2O2S2. The number of ether oxygens (including phenoxy) is 1. The molecule has 0 radical (unpaired) electrons. The van der Waals surface area contributed by atoms with Crippen LogP contribution in [0.15, 0.2) is 24.3 Å². The van der Waals surface area contributed by atoms with Crippen LogP contribution < -0.4 is 15.8 Å². The van der Waals surface area contributed by atoms with Crippen LogP contribution in [0, 0.1) is 0 Å². The molecule has 0 aromatic heterocycles. The zero-order valence-electron chi connectivity index (χ0n) is 10.4. The highest BCUT2D eigenvalue weighted by Crippen LogP contribution is 2.27. The highest BCUT2D eigenvalue weighted by atomic mass is 32.2. The van der Waals surface area contributed by atoms with E-state index < -0.39 is 0 Å². The van der Waals surface area contributed by atoms with Gasteiger partial charge in [0.1, 0.15) is 17.3 Å². The highest BCUT2D eigenvalue weighted by molar-refractivity contribution is 8.00. The lowest BCUT2D eigenvalue weighted by Gasteiger charge is -2.11. The minimum atomic E-state index is 0.0639. The number of nitrogens with one attached hydrogen (secondary N) is 1. The van der Waals surface area contributed by atoms with Crippen LogP contribution in [0.5, 0.6) is 5.75 Å². The molecule has 2 rings (SSSR count). The van der Waals surface area contributed by atoms with Gasteiger partial charge in [0.2, 0.25) is 5.91 Å². The number of rotatable bonds is 5. The van der Waals surface area contributed by atoms with Crippen LogP contribution in [0.3, 0.4) is 0 Å². The van der Waals surface area contributed by atoms with Crippen molar-refractivity contribution in [1.29, 1.82) is 0 Å². The first kappa shape index (κ1) is 14.1. The molecule has 1 aromatic rings. The van der Waals surface area contributed by atoms with Crippen molar-refractivity contribution in [3.05, 3.63) is 24.3 Å². The smallest absolute Gasteiger partial charge is 0.237 e. The molecule has 3 N–H and O–H groups in total. The lowest BCUT2D eigenvalue weighted by molar-refractivity contribution is -0.115. The Bertz CT molecular complexity index is 473. The molecule has 1 saturated heterocycles. The lowest BCUT2D eigenvalue weighted by atomic mass is 10.2. The van der Waals surface area contributed by atoms with Crippen LogP contribution >= 0.6 is 24.0 Å². The molecule has 1 atom stereocenters. The van der Waals surface area contributed by atoms with Gasteiger partial charge in [0.15, 0.2) is 0 Å². The van der Waals surface area contributed by atoms with Gasteiger partial charge >= 0.3 is 0 Å². The van der Waals surface area contributed by atoms with E-state index in [0.717, 1.165) is 24.3 Å². The SMILES string of the molecule is NC(=S)COc1cccc(NC(=O)C2CCCS2)c1. The first-order valence-corrected chi connectivity index (χ1v) is 7.54. The van der Waals surface area contributed by atoms with Gasteiger partial charge in [0.25, 0.3) is 0 Å². The van der Waals surface area contributed by atoms with Gasteiger partial charge in [-0.2, -0.15) is 0 Å². The molecule has 1 amide bonds. The summed E-state index contributed by atoms with van der Waals surface area (Å²) in [5.74, 6) is 1.77. The fourth-order valence-electron chi connectivity index (χ4n) is 1.83. The van der Waals surface area contributed by atoms with E-state index in [9.17, 15) is 4.79 Å². The molecule has 0 bridgehead atoms. The van der Waals surface area contributed by atoms with E-state index in [2.05, 4.69) is 5.32 Å². The van der Waals surface area contributed by atoms with Crippen molar-refractivity contribution < 1.29 is 9.53 Å². The second-order valence-corrected chi connectivity index (χ2v) is 6.11. The molecule has 4 nitrogen and oxygen atoms in total. The van der Waals surface area contributed by atoms with Gasteiger partial charge in [-0.1, -0.05) is 18.3 Å². The van der Waals surface area contributed by atoms with E-state index in [1.54, 1.807) is 23.9 Å². The zero-order chi connectivity index (χ0) is 13.7. The Morgan fingerprint density at radius 1 is 1.58 bits per heavy atom. The van der Waals surface area contributed by atoms with Gasteiger partial charge in [-0.15, -0.1) is 11.8 Å². The average Bonchev–Trinajstić information content (AvgIpc) is 2.91. The second kappa shape index (κ2) is 6.77. The number of hydrogen-bond acceptors (Lipinski definition) is 4. The van der Waals surface area contributed by atoms with Crippen LogP contribution in [-0.2, 0) is 4.79 Å². The van der Waals surface area contributed by atoms with Crippen molar-refractivity contribution in [3.63, 3.8) is 0 Å². The number of amides is 1. The van der Waals surface area contributed by atoms with Crippen LogP contribution in [-0.4, -0.2) is 28.5 Å². The van der Waals surface area contributed by atoms with Crippen molar-refractivity contribution in [2.75, 3.05) is 17.7 Å². The van der Waals surface area contributed by atoms with Gasteiger partial charge < -0.3 is 15.8 Å². The summed E-state index contributed by atoms with van der Waals surface area (Å²) in [5.41, 5.74) is 6.11. The van der Waals surface area contributed by atoms with Gasteiger partial charge in [-0.05, 0) is 30.7 Å². The number of carbonyl (C=O) groups is 1. The summed E-state index contributed by atoms with van der Waals surface area (Å²) < 4.78 is 5.39. The largest absolute Gasteiger partial charge is 0.486 e. The Balaban J connectivity index is 1.94. The summed E-state index contributed by atoms with van der Waals surface area (Å²) in [6, 6.07) is 7.24. The minimum Gasteiger partial charge on any atom is -0.486 e. The molecule has 0 saturated carbocycles. The Kier molecular flexibility index (Phi) is 5.04. The lowest BCUT2D eigenvalue weighted by Crippen LogP contribution is -2.23. The van der Waals surface area contributed by atoms with Crippen molar-refractivity contribution in [2.24, 2.45) is 5.73 Å². The monoisotopic (exact) mass is 296 g/mol. The summed E-state index contributed by atoms with van der Waals surface area (Å²) in [6.07, 6.45) is 2.06. The first-order valence-electron chi connectivity index (χ1n) is 6.09. The van der Waals surface area contributed by atoms with Gasteiger partial charge in [0.05, 0.1) is 5.25 Å². The third-order valence-corrected chi connectivity index (χ3v) is 4.20. The molecule has 0 aliphatic carbocycles. The number of thioether (sulfide) groups is 1. The maximum atomic E-state index is 12.0. The van der Waals surface area contributed by atoms with Gasteiger partial charge in [0, 0.05) is 11.8 Å². The Hall–Kier alpha value is -1.27. The fourth-order valence-corrected chi connectivity index (χ4v) is 3.05. The number of thiocarbonyl (C=S) groups is 1. The van der Waals surface area contributed by atoms with Crippen molar-refractivity contribution in [1.82, 2.24) is 0 Å². The van der Waals surface area contributed by atoms with E-state index >= 15 is 0 Å². The summed E-state index contributed by atoms with van der Waals surface area (Å²) in [6.45, 7) is 0.200. The molecule has 19 heavy (non-hydrogen) atoms. The standard InChI is InChI=1S/C13H16N2O2S2/c14-12(18)8-17-10-4-1-3-9(7-10)15-13(16)11-5-2-6-19-11/h1,3-4,7,11H,2,5-6,8H2,(H2,14,18)(H,15,16). The maximum Gasteiger partial charge on any atom is 0.237 e. The minimum absolute atomic E-state index is 0.0639. The third-order valence-electron chi connectivity index (χ3n) is 2.70. The molecule has 1 aliphatic rings. The van der Waals surface area contributed by atoms with Gasteiger partial charge in [-0.3, -0.25) is 4.79 Å². The van der Waals surface area contributed by atoms with E-state index in [4.69, 9.17) is 22.7 Å². The molecule has 1 unspecified atom stereocenters. The molecule has 102 valence electrons. The van der Waals surface area contributed by atoms with Crippen LogP contribution in [0.2, 0.25) is 0 Å². The van der Waals surface area contributed by atoms with E-state index in [1.165, 1.54) is 0 Å². The number of anilines is 1. The summed E-state index contributed by atoms with van der Waals surface area (Å²) in [7, 11) is 0. The second-order valence-electron chi connectivity index (χ2n) is 4.27. The normalized spacial score (nSPS) is 18.0. The van der Waals surface area contributed by atoms with Crippen molar-refractivity contribution in [2.45, 2.75) is 18.1 Å². The Morgan fingerprint density at radius 2 is 2.42 bits per heavy atom. The topological polar surface area (TPSA) is 64.3 Å². The predicted molar refractivity (Wildman–Crippen MR) is 82.8 cm³/mol. The summed E-state index contributed by atoms with van der Waals surface area (Å²) >= 11 is 6.46. The van der Waals surface area contributed by atoms with Gasteiger partial charge in [-0.25, -0.2) is 0 Å². The number of benzene rings is 1. The molecule has 1 aromatic carbocycles. The maximum absolute atomic E-state index is 12.0. The van der Waals surface area contributed by atoms with E-state index in [1.807, 2.05) is 12.1 Å². The predicted octanol–water partition coefficient (Wildman–Crippen LogP) is 2.19. The fraction of sp³-hybridized carbons (Fsp3) is 0.385.